The van der Waals surface area contributed by atoms with Crippen LogP contribution in [0.25, 0.3) is 27.7 Å². The van der Waals surface area contributed by atoms with Gasteiger partial charge in [-0.3, -0.25) is 14.5 Å². The van der Waals surface area contributed by atoms with Crippen LogP contribution in [0.4, 0.5) is 27.6 Å². The van der Waals surface area contributed by atoms with E-state index in [1.807, 2.05) is 0 Å². The summed E-state index contributed by atoms with van der Waals surface area (Å²) in [4.78, 5) is 32.8. The average Bonchev–Trinajstić information content (AvgIpc) is 3.85. The molecule has 0 radical (unpaired) electrons. The minimum atomic E-state index is -4.76. The predicted octanol–water partition coefficient (Wildman–Crippen LogP) is 6.30. The van der Waals surface area contributed by atoms with Crippen molar-refractivity contribution in [1.29, 1.82) is 0 Å². The van der Waals surface area contributed by atoms with Crippen LogP contribution < -0.4 is 10.1 Å². The number of hydrogen-bond acceptors (Lipinski definition) is 6. The number of aliphatic hydroxyl groups is 1. The number of alkyl halides is 3. The van der Waals surface area contributed by atoms with E-state index < -0.39 is 46.9 Å². The zero-order valence-corrected chi connectivity index (χ0v) is 27.3. The van der Waals surface area contributed by atoms with Gasteiger partial charge in [-0.25, -0.2) is 13.8 Å². The Bertz CT molecular complexity index is 2250. The van der Waals surface area contributed by atoms with Gasteiger partial charge in [0.25, 0.3) is 0 Å². The van der Waals surface area contributed by atoms with Gasteiger partial charge in [-0.1, -0.05) is 12.1 Å². The van der Waals surface area contributed by atoms with Gasteiger partial charge in [-0.15, -0.1) is 0 Å². The van der Waals surface area contributed by atoms with E-state index in [9.17, 15) is 27.9 Å². The van der Waals surface area contributed by atoms with E-state index in [-0.39, 0.29) is 58.2 Å². The normalized spacial score (nSPS) is 20.4. The number of anilines is 1. The highest BCUT2D eigenvalue weighted by Crippen LogP contribution is 2.48. The van der Waals surface area contributed by atoms with Crippen molar-refractivity contribution >= 4 is 33.9 Å². The summed E-state index contributed by atoms with van der Waals surface area (Å²) < 4.78 is 83.3. The number of likely N-dealkylation sites (tertiary alicyclic amines) is 1. The molecule has 0 unspecified atom stereocenters. The minimum absolute atomic E-state index is 0.0190. The summed E-state index contributed by atoms with van der Waals surface area (Å²) in [6.07, 6.45) is 3.41. The summed E-state index contributed by atoms with van der Waals surface area (Å²) in [5, 5.41) is 12.5. The van der Waals surface area contributed by atoms with Crippen molar-refractivity contribution in [1.82, 2.24) is 18.9 Å². The number of pyridine rings is 1. The molecule has 1 saturated heterocycles. The SMILES string of the molecule is Cn1cnc2c3c(c(C(F)(F)F)cc21)-c1cccn2c(C(=O)c4cc(F)c(NC(=O)/C=C/CN5CC[C@H]6CC[C@H](O)[C@H]65)c(F)c4)cc(c12)CCO3. The van der Waals surface area contributed by atoms with Crippen molar-refractivity contribution < 1.29 is 41.4 Å². The van der Waals surface area contributed by atoms with Gasteiger partial charge in [0, 0.05) is 55.0 Å². The molecule has 9 nitrogen and oxygen atoms in total. The predicted molar refractivity (Wildman–Crippen MR) is 178 cm³/mol. The van der Waals surface area contributed by atoms with Crippen LogP contribution in [0.15, 0.2) is 61.1 Å². The molecule has 8 rings (SSSR count). The molecule has 5 aromatic rings. The number of carbonyl (C=O) groups excluding carboxylic acids is 2. The first-order valence-electron chi connectivity index (χ1n) is 16.7. The fourth-order valence-electron chi connectivity index (χ4n) is 8.06. The van der Waals surface area contributed by atoms with Gasteiger partial charge in [0.1, 0.15) is 22.8 Å². The summed E-state index contributed by atoms with van der Waals surface area (Å²) in [5.74, 6) is -3.49. The molecule has 51 heavy (non-hydrogen) atoms. The van der Waals surface area contributed by atoms with Crippen molar-refractivity contribution in [2.24, 2.45) is 13.0 Å². The Morgan fingerprint density at radius 3 is 2.67 bits per heavy atom. The molecule has 3 atom stereocenters. The van der Waals surface area contributed by atoms with Crippen LogP contribution >= 0.6 is 0 Å². The molecular formula is C37H32F5N5O4. The topological polar surface area (TPSA) is 101 Å². The number of imidazole rings is 1. The van der Waals surface area contributed by atoms with E-state index in [0.717, 1.165) is 44.0 Å². The number of nitrogens with one attached hydrogen (secondary N) is 1. The number of halogens is 5. The quantitative estimate of drug-likeness (QED) is 0.122. The molecule has 1 saturated carbocycles. The second-order valence-corrected chi connectivity index (χ2v) is 13.4. The van der Waals surface area contributed by atoms with Gasteiger partial charge >= 0.3 is 6.18 Å². The number of nitrogens with zero attached hydrogens (tertiary/aromatic N) is 4. The number of aliphatic hydroxyl groups excluding tert-OH is 1. The molecule has 1 amide bonds. The zero-order valence-electron chi connectivity index (χ0n) is 27.3. The van der Waals surface area contributed by atoms with Crippen molar-refractivity contribution in [3.63, 3.8) is 0 Å². The molecule has 0 spiro atoms. The van der Waals surface area contributed by atoms with Crippen molar-refractivity contribution in [3.8, 4) is 16.9 Å². The molecule has 2 aromatic carbocycles. The fraction of sp³-hybridized carbons (Fsp3) is 0.324. The summed E-state index contributed by atoms with van der Waals surface area (Å²) in [7, 11) is 1.59. The van der Waals surface area contributed by atoms with Crippen LogP contribution in [-0.2, 0) is 24.4 Å². The lowest BCUT2D eigenvalue weighted by Crippen LogP contribution is -2.38. The number of aromatic nitrogens is 3. The zero-order chi connectivity index (χ0) is 35.8. The number of aryl methyl sites for hydroxylation is 1. The van der Waals surface area contributed by atoms with Gasteiger partial charge in [0.2, 0.25) is 11.7 Å². The number of amides is 1. The van der Waals surface area contributed by atoms with E-state index in [1.165, 1.54) is 45.8 Å². The summed E-state index contributed by atoms with van der Waals surface area (Å²) in [6, 6.07) is 7.19. The Labute approximate surface area is 287 Å². The minimum Gasteiger partial charge on any atom is -0.490 e. The van der Waals surface area contributed by atoms with Gasteiger partial charge < -0.3 is 24.1 Å². The van der Waals surface area contributed by atoms with Crippen molar-refractivity contribution in [2.75, 3.05) is 25.0 Å². The second-order valence-electron chi connectivity index (χ2n) is 13.4. The maximum absolute atomic E-state index is 15.3. The Kier molecular flexibility index (Phi) is 7.98. The van der Waals surface area contributed by atoms with Crippen LogP contribution in [0.2, 0.25) is 0 Å². The van der Waals surface area contributed by atoms with Gasteiger partial charge in [0.05, 0.1) is 41.3 Å². The van der Waals surface area contributed by atoms with Gasteiger partial charge in [0.15, 0.2) is 5.75 Å². The van der Waals surface area contributed by atoms with Crippen LogP contribution in [-0.4, -0.2) is 67.5 Å². The molecule has 2 N–H and O–H groups in total. The van der Waals surface area contributed by atoms with E-state index in [1.54, 1.807) is 13.1 Å². The number of carbonyl (C=O) groups is 2. The first-order valence-corrected chi connectivity index (χ1v) is 16.7. The smallest absolute Gasteiger partial charge is 0.417 e. The number of hydrogen-bond donors (Lipinski definition) is 2. The lowest BCUT2D eigenvalue weighted by atomic mass is 9.94. The first-order chi connectivity index (χ1) is 24.4. The number of ketones is 1. The Hall–Kier alpha value is -5.08. The van der Waals surface area contributed by atoms with Crippen LogP contribution in [0.1, 0.15) is 46.4 Å². The average molecular weight is 706 g/mol. The molecular weight excluding hydrogens is 673 g/mol. The molecule has 2 fully saturated rings. The molecule has 0 bridgehead atoms. The maximum Gasteiger partial charge on any atom is 0.417 e. The second kappa shape index (κ2) is 12.3. The molecule has 14 heteroatoms. The number of rotatable bonds is 6. The maximum atomic E-state index is 15.3. The summed E-state index contributed by atoms with van der Waals surface area (Å²) >= 11 is 0. The number of ether oxygens (including phenoxy) is 1. The number of fused-ring (bicyclic) bond motifs is 5. The van der Waals surface area contributed by atoms with Gasteiger partial charge in [-0.2, -0.15) is 13.2 Å². The van der Waals surface area contributed by atoms with Crippen LogP contribution in [0.3, 0.4) is 0 Å². The molecule has 2 aliphatic heterocycles. The largest absolute Gasteiger partial charge is 0.490 e. The molecule has 1 aliphatic carbocycles. The lowest BCUT2D eigenvalue weighted by Gasteiger charge is -2.25. The van der Waals surface area contributed by atoms with E-state index in [4.69, 9.17) is 4.74 Å². The summed E-state index contributed by atoms with van der Waals surface area (Å²) in [6.45, 7) is 1.18. The van der Waals surface area contributed by atoms with Gasteiger partial charge in [-0.05, 0) is 67.6 Å². The van der Waals surface area contributed by atoms with Crippen LogP contribution in [0.5, 0.6) is 5.75 Å². The Morgan fingerprint density at radius 2 is 1.90 bits per heavy atom. The van der Waals surface area contributed by atoms with E-state index in [0.29, 0.717) is 23.5 Å². The molecule has 3 aromatic heterocycles. The van der Waals surface area contributed by atoms with E-state index >= 15 is 8.78 Å². The highest BCUT2D eigenvalue weighted by Gasteiger charge is 2.43. The molecule has 264 valence electrons. The number of benzene rings is 2. The third kappa shape index (κ3) is 5.57. The third-order valence-corrected chi connectivity index (χ3v) is 10.3. The summed E-state index contributed by atoms with van der Waals surface area (Å²) in [5.41, 5.74) is -0.751. The highest BCUT2D eigenvalue weighted by molar-refractivity contribution is 6.10. The molecule has 3 aliphatic rings. The standard InChI is InChI=1S/C37H32F5N5O4/c1-45-18-43-32-26(45)17-23(37(40,41)42)30-22-4-2-11-47-27(16-20(33(22)47)9-13-51-36(30)32)35(50)21-14-24(38)31(25(39)15-21)44-29(49)5-3-10-46-12-8-19-6-7-28(48)34(19)46/h2-5,11,14-19,28,34,48H,6-10,12-13H2,1H3,(H,44,49)/b5-3+/t19-,28+,34+/m1/s1. The Morgan fingerprint density at radius 1 is 1.12 bits per heavy atom. The van der Waals surface area contributed by atoms with E-state index in [2.05, 4.69) is 15.2 Å². The fourth-order valence-corrected chi connectivity index (χ4v) is 8.06. The third-order valence-electron chi connectivity index (χ3n) is 10.3. The van der Waals surface area contributed by atoms with Crippen molar-refractivity contribution in [2.45, 2.75) is 44.0 Å². The first kappa shape index (κ1) is 33.1. The monoisotopic (exact) mass is 705 g/mol. The van der Waals surface area contributed by atoms with Crippen molar-refractivity contribution in [3.05, 3.63) is 95.1 Å². The van der Waals surface area contributed by atoms with Crippen LogP contribution in [0, 0.1) is 17.6 Å². The molecule has 5 heterocycles. The Balaban J connectivity index is 1.10. The lowest BCUT2D eigenvalue weighted by molar-refractivity contribution is -0.137. The highest BCUT2D eigenvalue weighted by atomic mass is 19.4.